The minimum absolute atomic E-state index is 0.157. The average Bonchev–Trinajstić information content (AvgIpc) is 2.73. The molecule has 29 heavy (non-hydrogen) atoms. The fraction of sp³-hybridized carbons (Fsp3) is 0.348. The number of nitrogens with zero attached hydrogens (tertiary/aromatic N) is 3. The maximum Gasteiger partial charge on any atom is 0.282 e. The quantitative estimate of drug-likeness (QED) is 0.417. The van der Waals surface area contributed by atoms with Crippen LogP contribution in [0.3, 0.4) is 0 Å². The summed E-state index contributed by atoms with van der Waals surface area (Å²) < 4.78 is 8.08. The zero-order valence-electron chi connectivity index (χ0n) is 17.1. The van der Waals surface area contributed by atoms with E-state index in [0.29, 0.717) is 23.1 Å². The van der Waals surface area contributed by atoms with Crippen molar-refractivity contribution >= 4 is 33.0 Å². The second-order valence-corrected chi connectivity index (χ2v) is 7.98. The lowest BCUT2D eigenvalue weighted by Crippen LogP contribution is -2.22. The van der Waals surface area contributed by atoms with Crippen molar-refractivity contribution < 1.29 is 4.74 Å². The van der Waals surface area contributed by atoms with Gasteiger partial charge in [-0.05, 0) is 67.8 Å². The Morgan fingerprint density at radius 2 is 1.97 bits per heavy atom. The summed E-state index contributed by atoms with van der Waals surface area (Å²) in [5.74, 6) is 1.51. The Morgan fingerprint density at radius 1 is 1.21 bits per heavy atom. The zero-order chi connectivity index (χ0) is 20.8. The van der Waals surface area contributed by atoms with Crippen LogP contribution in [-0.2, 0) is 6.42 Å². The third-order valence-corrected chi connectivity index (χ3v) is 5.24. The largest absolute Gasteiger partial charge is 0.491 e. The number of fused-ring (bicyclic) bond motifs is 1. The van der Waals surface area contributed by atoms with Crippen LogP contribution in [0.15, 0.2) is 56.8 Å². The van der Waals surface area contributed by atoms with Gasteiger partial charge in [0.15, 0.2) is 0 Å². The third-order valence-electron chi connectivity index (χ3n) is 4.74. The van der Waals surface area contributed by atoms with Gasteiger partial charge in [0.1, 0.15) is 11.6 Å². The molecular formula is C23H26BrN3O2. The van der Waals surface area contributed by atoms with Crippen molar-refractivity contribution in [1.29, 1.82) is 0 Å². The molecule has 0 aliphatic carbocycles. The molecule has 0 fully saturated rings. The van der Waals surface area contributed by atoms with E-state index in [1.54, 1.807) is 12.3 Å². The predicted molar refractivity (Wildman–Crippen MR) is 122 cm³/mol. The van der Waals surface area contributed by atoms with Gasteiger partial charge in [-0.1, -0.05) is 36.2 Å². The van der Waals surface area contributed by atoms with Crippen LogP contribution in [0.2, 0.25) is 0 Å². The molecule has 1 aromatic heterocycles. The third kappa shape index (κ3) is 5.32. The minimum Gasteiger partial charge on any atom is -0.491 e. The van der Waals surface area contributed by atoms with Crippen molar-refractivity contribution in [2.75, 3.05) is 0 Å². The maximum atomic E-state index is 13.1. The summed E-state index contributed by atoms with van der Waals surface area (Å²) in [6.45, 7) is 6.26. The molecule has 3 aromatic rings. The van der Waals surface area contributed by atoms with Crippen LogP contribution in [0.4, 0.5) is 0 Å². The highest BCUT2D eigenvalue weighted by Crippen LogP contribution is 2.17. The molecule has 2 aromatic carbocycles. The normalized spacial score (nSPS) is 12.6. The summed E-state index contributed by atoms with van der Waals surface area (Å²) in [6, 6.07) is 13.3. The minimum atomic E-state index is -0.157. The van der Waals surface area contributed by atoms with Gasteiger partial charge >= 0.3 is 0 Å². The van der Waals surface area contributed by atoms with E-state index in [2.05, 4.69) is 34.9 Å². The summed E-state index contributed by atoms with van der Waals surface area (Å²) in [6.07, 6.45) is 5.50. The molecule has 1 heterocycles. The predicted octanol–water partition coefficient (Wildman–Crippen LogP) is 5.56. The van der Waals surface area contributed by atoms with Crippen molar-refractivity contribution in [3.05, 3.63) is 68.7 Å². The van der Waals surface area contributed by atoms with Crippen LogP contribution < -0.4 is 10.3 Å². The number of halogens is 1. The Balaban J connectivity index is 1.95. The highest BCUT2D eigenvalue weighted by molar-refractivity contribution is 9.10. The van der Waals surface area contributed by atoms with E-state index in [1.165, 1.54) is 4.68 Å². The first-order valence-electron chi connectivity index (χ1n) is 10.0. The van der Waals surface area contributed by atoms with Gasteiger partial charge in [-0.3, -0.25) is 4.79 Å². The summed E-state index contributed by atoms with van der Waals surface area (Å²) in [4.78, 5) is 17.8. The molecule has 5 nitrogen and oxygen atoms in total. The maximum absolute atomic E-state index is 13.1. The van der Waals surface area contributed by atoms with E-state index in [9.17, 15) is 4.79 Å². The van der Waals surface area contributed by atoms with Crippen LogP contribution in [0, 0.1) is 0 Å². The van der Waals surface area contributed by atoms with Gasteiger partial charge < -0.3 is 4.74 Å². The first kappa shape index (κ1) is 21.2. The lowest BCUT2D eigenvalue weighted by molar-refractivity contribution is 0.217. The molecule has 0 spiro atoms. The second kappa shape index (κ2) is 9.83. The van der Waals surface area contributed by atoms with Gasteiger partial charge in [0.2, 0.25) is 0 Å². The molecule has 0 bridgehead atoms. The summed E-state index contributed by atoms with van der Waals surface area (Å²) >= 11 is 3.43. The van der Waals surface area contributed by atoms with E-state index < -0.39 is 0 Å². The number of hydrogen-bond donors (Lipinski definition) is 0. The topological polar surface area (TPSA) is 56.5 Å². The standard InChI is InChI=1S/C23H26BrN3O2/c1-4-6-7-22-26-21-13-10-18(24)14-20(21)23(28)27(22)25-15-17-8-11-19(12-9-17)29-16(3)5-2/h8-16H,4-7H2,1-3H3/t16-/m0/s1. The number of rotatable bonds is 8. The first-order chi connectivity index (χ1) is 14.0. The molecule has 0 aliphatic rings. The number of aryl methyl sites for hydroxylation is 1. The highest BCUT2D eigenvalue weighted by Gasteiger charge is 2.11. The monoisotopic (exact) mass is 455 g/mol. The molecule has 6 heteroatoms. The van der Waals surface area contributed by atoms with E-state index in [1.807, 2.05) is 43.3 Å². The van der Waals surface area contributed by atoms with Crippen LogP contribution >= 0.6 is 15.9 Å². The summed E-state index contributed by atoms with van der Waals surface area (Å²) in [7, 11) is 0. The Bertz CT molecular complexity index is 1060. The molecule has 0 saturated heterocycles. The Kier molecular flexibility index (Phi) is 7.20. The Hall–Kier alpha value is -2.47. The van der Waals surface area contributed by atoms with Crippen LogP contribution in [0.1, 0.15) is 51.4 Å². The van der Waals surface area contributed by atoms with Gasteiger partial charge in [0.25, 0.3) is 5.56 Å². The number of ether oxygens (including phenoxy) is 1. The van der Waals surface area contributed by atoms with Gasteiger partial charge in [-0.25, -0.2) is 4.98 Å². The first-order valence-corrected chi connectivity index (χ1v) is 10.8. The fourth-order valence-corrected chi connectivity index (χ4v) is 3.24. The van der Waals surface area contributed by atoms with E-state index in [0.717, 1.165) is 35.0 Å². The molecule has 0 N–H and O–H groups in total. The number of unbranched alkanes of at least 4 members (excludes halogenated alkanes) is 1. The van der Waals surface area contributed by atoms with Crippen molar-refractivity contribution in [1.82, 2.24) is 9.66 Å². The molecule has 0 amide bonds. The fourth-order valence-electron chi connectivity index (χ4n) is 2.88. The van der Waals surface area contributed by atoms with Crippen molar-refractivity contribution in [3.8, 4) is 5.75 Å². The molecule has 3 rings (SSSR count). The summed E-state index contributed by atoms with van der Waals surface area (Å²) in [5, 5.41) is 5.03. The van der Waals surface area contributed by atoms with Gasteiger partial charge in [0.05, 0.1) is 23.2 Å². The van der Waals surface area contributed by atoms with Gasteiger partial charge in [-0.2, -0.15) is 9.78 Å². The van der Waals surface area contributed by atoms with Gasteiger partial charge in [0, 0.05) is 10.9 Å². The number of benzene rings is 2. The molecular weight excluding hydrogens is 430 g/mol. The summed E-state index contributed by atoms with van der Waals surface area (Å²) in [5.41, 5.74) is 1.43. The molecule has 0 unspecified atom stereocenters. The van der Waals surface area contributed by atoms with Crippen LogP contribution in [-0.4, -0.2) is 22.0 Å². The SMILES string of the molecule is CCCCc1nc2ccc(Br)cc2c(=O)n1N=Cc1ccc(O[C@@H](C)CC)cc1. The second-order valence-electron chi connectivity index (χ2n) is 7.06. The highest BCUT2D eigenvalue weighted by atomic mass is 79.9. The van der Waals surface area contributed by atoms with E-state index in [-0.39, 0.29) is 11.7 Å². The number of aromatic nitrogens is 2. The van der Waals surface area contributed by atoms with Crippen molar-refractivity contribution in [2.45, 2.75) is 52.6 Å². The molecule has 152 valence electrons. The average molecular weight is 456 g/mol. The van der Waals surface area contributed by atoms with Gasteiger partial charge in [-0.15, -0.1) is 0 Å². The smallest absolute Gasteiger partial charge is 0.282 e. The Morgan fingerprint density at radius 3 is 2.66 bits per heavy atom. The lowest BCUT2D eigenvalue weighted by atomic mass is 10.2. The van der Waals surface area contributed by atoms with Crippen LogP contribution in [0.5, 0.6) is 5.75 Å². The number of hydrogen-bond acceptors (Lipinski definition) is 4. The molecule has 0 aliphatic heterocycles. The Labute approximate surface area is 179 Å². The van der Waals surface area contributed by atoms with Crippen LogP contribution in [0.25, 0.3) is 10.9 Å². The molecule has 0 radical (unpaired) electrons. The van der Waals surface area contributed by atoms with E-state index >= 15 is 0 Å². The molecule has 1 atom stereocenters. The van der Waals surface area contributed by atoms with Crippen molar-refractivity contribution in [3.63, 3.8) is 0 Å². The molecule has 0 saturated carbocycles. The van der Waals surface area contributed by atoms with E-state index in [4.69, 9.17) is 9.72 Å². The lowest BCUT2D eigenvalue weighted by Gasteiger charge is -2.12. The van der Waals surface area contributed by atoms with Crippen molar-refractivity contribution in [2.24, 2.45) is 5.10 Å². The zero-order valence-corrected chi connectivity index (χ0v) is 18.6.